The van der Waals surface area contributed by atoms with Gasteiger partial charge in [-0.25, -0.2) is 0 Å². The Labute approximate surface area is 181 Å². The zero-order valence-corrected chi connectivity index (χ0v) is 18.6. The summed E-state index contributed by atoms with van der Waals surface area (Å²) < 4.78 is 1.01. The first-order valence-electron chi connectivity index (χ1n) is 10.2. The Morgan fingerprint density at radius 1 is 0.897 bits per heavy atom. The van der Waals surface area contributed by atoms with Gasteiger partial charge < -0.3 is 9.80 Å². The third-order valence-electron chi connectivity index (χ3n) is 6.42. The summed E-state index contributed by atoms with van der Waals surface area (Å²) in [4.78, 5) is 30.3. The molecule has 1 saturated carbocycles. The zero-order valence-electron chi connectivity index (χ0n) is 17.0. The minimum absolute atomic E-state index is 0.129. The molecule has 2 aromatic rings. The van der Waals surface area contributed by atoms with Crippen molar-refractivity contribution in [3.8, 4) is 0 Å². The summed E-state index contributed by atoms with van der Waals surface area (Å²) in [5, 5.41) is 0. The van der Waals surface area contributed by atoms with E-state index in [1.54, 1.807) is 0 Å². The predicted octanol–water partition coefficient (Wildman–Crippen LogP) is 4.13. The highest BCUT2D eigenvalue weighted by Crippen LogP contribution is 2.50. The average Bonchev–Trinajstić information content (AvgIpc) is 3.55. The predicted molar refractivity (Wildman–Crippen MR) is 118 cm³/mol. The van der Waals surface area contributed by atoms with Gasteiger partial charge in [0.15, 0.2) is 0 Å². The number of rotatable bonds is 4. The van der Waals surface area contributed by atoms with E-state index in [0.29, 0.717) is 26.2 Å². The molecule has 4 rings (SSSR count). The Morgan fingerprint density at radius 2 is 1.52 bits per heavy atom. The van der Waals surface area contributed by atoms with E-state index in [1.165, 1.54) is 0 Å². The molecule has 1 aliphatic heterocycles. The number of halogens is 1. The fourth-order valence-electron chi connectivity index (χ4n) is 4.33. The smallest absolute Gasteiger partial charge is 0.233 e. The third kappa shape index (κ3) is 3.73. The fourth-order valence-corrected chi connectivity index (χ4v) is 4.73. The van der Waals surface area contributed by atoms with Crippen LogP contribution in [0.2, 0.25) is 0 Å². The van der Waals surface area contributed by atoms with Gasteiger partial charge in [0.1, 0.15) is 0 Å². The average molecular weight is 455 g/mol. The molecule has 2 fully saturated rings. The van der Waals surface area contributed by atoms with Gasteiger partial charge >= 0.3 is 0 Å². The minimum Gasteiger partial charge on any atom is -0.338 e. The summed E-state index contributed by atoms with van der Waals surface area (Å²) in [5.41, 5.74) is 1.19. The first-order valence-corrected chi connectivity index (χ1v) is 11.0. The maximum atomic E-state index is 13.3. The van der Waals surface area contributed by atoms with Gasteiger partial charge in [-0.05, 0) is 49.9 Å². The highest BCUT2D eigenvalue weighted by molar-refractivity contribution is 9.10. The molecule has 1 aliphatic carbocycles. The number of hydrogen-bond acceptors (Lipinski definition) is 2. The number of carbonyl (C=O) groups excluding carboxylic acids is 2. The van der Waals surface area contributed by atoms with E-state index < -0.39 is 5.41 Å². The third-order valence-corrected chi connectivity index (χ3v) is 6.91. The lowest BCUT2D eigenvalue weighted by Gasteiger charge is -2.40. The Bertz CT molecular complexity index is 913. The summed E-state index contributed by atoms with van der Waals surface area (Å²) in [6.45, 7) is 6.35. The van der Waals surface area contributed by atoms with Gasteiger partial charge in [0.05, 0.1) is 10.8 Å². The van der Waals surface area contributed by atoms with Crippen molar-refractivity contribution in [1.82, 2.24) is 9.80 Å². The van der Waals surface area contributed by atoms with E-state index >= 15 is 0 Å². The van der Waals surface area contributed by atoms with E-state index in [4.69, 9.17) is 0 Å². The number of amides is 2. The highest BCUT2D eigenvalue weighted by atomic mass is 79.9. The number of benzene rings is 2. The molecule has 0 aromatic heterocycles. The molecule has 0 bridgehead atoms. The molecule has 1 heterocycles. The number of piperazine rings is 1. The lowest BCUT2D eigenvalue weighted by molar-refractivity contribution is -0.143. The maximum absolute atomic E-state index is 13.3. The van der Waals surface area contributed by atoms with Crippen molar-refractivity contribution in [3.63, 3.8) is 0 Å². The van der Waals surface area contributed by atoms with E-state index in [2.05, 4.69) is 28.1 Å². The van der Waals surface area contributed by atoms with Crippen molar-refractivity contribution in [2.24, 2.45) is 0 Å². The molecule has 2 amide bonds. The van der Waals surface area contributed by atoms with Gasteiger partial charge in [0.25, 0.3) is 0 Å². The monoisotopic (exact) mass is 454 g/mol. The van der Waals surface area contributed by atoms with Gasteiger partial charge in [-0.1, -0.05) is 58.4 Å². The first kappa shape index (κ1) is 20.1. The summed E-state index contributed by atoms with van der Waals surface area (Å²) in [5.74, 6) is 0.342. The van der Waals surface area contributed by atoms with Crippen molar-refractivity contribution in [1.29, 1.82) is 0 Å². The molecule has 0 N–H and O–H groups in total. The summed E-state index contributed by atoms with van der Waals surface area (Å²) in [6.07, 6.45) is 1.81. The van der Waals surface area contributed by atoms with Crippen molar-refractivity contribution < 1.29 is 9.59 Å². The highest BCUT2D eigenvalue weighted by Gasteiger charge is 2.53. The molecular weight excluding hydrogens is 428 g/mol. The first-order chi connectivity index (χ1) is 13.8. The second-order valence-electron chi connectivity index (χ2n) is 8.67. The van der Waals surface area contributed by atoms with E-state index in [-0.39, 0.29) is 17.2 Å². The molecule has 0 atom stereocenters. The van der Waals surface area contributed by atoms with Crippen LogP contribution in [-0.2, 0) is 20.4 Å². The Hall–Kier alpha value is -2.14. The second kappa shape index (κ2) is 7.60. The molecule has 0 unspecified atom stereocenters. The molecule has 5 heteroatoms. The molecule has 2 aliphatic rings. The zero-order chi connectivity index (χ0) is 20.6. The van der Waals surface area contributed by atoms with Crippen LogP contribution in [-0.4, -0.2) is 47.8 Å². The van der Waals surface area contributed by atoms with Crippen LogP contribution in [0.15, 0.2) is 59.1 Å². The topological polar surface area (TPSA) is 40.6 Å². The standard InChI is InChI=1S/C24H27BrN2O2/c1-23(2,18-7-4-3-5-8-18)21(28)26-13-15-27(16-14-26)22(29)24(11-12-24)19-9-6-10-20(25)17-19/h3-10,17H,11-16H2,1-2H3. The second-order valence-corrected chi connectivity index (χ2v) is 9.58. The number of hydrogen-bond donors (Lipinski definition) is 0. The number of carbonyl (C=O) groups is 2. The van der Waals surface area contributed by atoms with Crippen LogP contribution in [0, 0.1) is 0 Å². The fraction of sp³-hybridized carbons (Fsp3) is 0.417. The van der Waals surface area contributed by atoms with Gasteiger partial charge in [-0.2, -0.15) is 0 Å². The Morgan fingerprint density at radius 3 is 2.10 bits per heavy atom. The van der Waals surface area contributed by atoms with Crippen molar-refractivity contribution in [3.05, 3.63) is 70.2 Å². The van der Waals surface area contributed by atoms with Crippen LogP contribution in [0.1, 0.15) is 37.8 Å². The summed E-state index contributed by atoms with van der Waals surface area (Å²) in [7, 11) is 0. The van der Waals surface area contributed by atoms with Crippen LogP contribution in [0.25, 0.3) is 0 Å². The molecule has 2 aromatic carbocycles. The normalized spacial score (nSPS) is 18.4. The van der Waals surface area contributed by atoms with Crippen LogP contribution in [0.4, 0.5) is 0 Å². The maximum Gasteiger partial charge on any atom is 0.233 e. The summed E-state index contributed by atoms with van der Waals surface area (Å²) in [6, 6.07) is 18.0. The minimum atomic E-state index is -0.568. The van der Waals surface area contributed by atoms with Gasteiger partial charge in [0.2, 0.25) is 11.8 Å². The van der Waals surface area contributed by atoms with Gasteiger partial charge in [0, 0.05) is 30.7 Å². The van der Waals surface area contributed by atoms with Gasteiger partial charge in [-0.3, -0.25) is 9.59 Å². The van der Waals surface area contributed by atoms with Crippen LogP contribution >= 0.6 is 15.9 Å². The van der Waals surface area contributed by atoms with Crippen LogP contribution in [0.5, 0.6) is 0 Å². The van der Waals surface area contributed by atoms with E-state index in [1.807, 2.05) is 66.1 Å². The number of nitrogens with zero attached hydrogens (tertiary/aromatic N) is 2. The lowest BCUT2D eigenvalue weighted by atomic mass is 9.83. The Balaban J connectivity index is 1.42. The largest absolute Gasteiger partial charge is 0.338 e. The van der Waals surface area contributed by atoms with E-state index in [0.717, 1.165) is 28.4 Å². The van der Waals surface area contributed by atoms with Crippen molar-refractivity contribution in [2.45, 2.75) is 37.5 Å². The van der Waals surface area contributed by atoms with E-state index in [9.17, 15) is 9.59 Å². The molecule has 4 nitrogen and oxygen atoms in total. The Kier molecular flexibility index (Phi) is 5.28. The molecule has 29 heavy (non-hydrogen) atoms. The van der Waals surface area contributed by atoms with Crippen molar-refractivity contribution >= 4 is 27.7 Å². The molecular formula is C24H27BrN2O2. The molecule has 0 radical (unpaired) electrons. The molecule has 1 saturated heterocycles. The van der Waals surface area contributed by atoms with Crippen LogP contribution in [0.3, 0.4) is 0 Å². The lowest BCUT2D eigenvalue weighted by Crippen LogP contribution is -2.55. The summed E-state index contributed by atoms with van der Waals surface area (Å²) >= 11 is 3.52. The SMILES string of the molecule is CC(C)(C(=O)N1CCN(C(=O)C2(c3cccc(Br)c3)CC2)CC1)c1ccccc1. The van der Waals surface area contributed by atoms with Crippen molar-refractivity contribution in [2.75, 3.05) is 26.2 Å². The van der Waals surface area contributed by atoms with Crippen LogP contribution < -0.4 is 0 Å². The molecule has 0 spiro atoms. The quantitative estimate of drug-likeness (QED) is 0.696. The van der Waals surface area contributed by atoms with Gasteiger partial charge in [-0.15, -0.1) is 0 Å². The molecule has 152 valence electrons.